The maximum Gasteiger partial charge on any atom is 0.0758 e. The molecule has 0 saturated heterocycles. The molecule has 62 valence electrons. The fraction of sp³-hybridized carbons (Fsp3) is 0.600. The lowest BCUT2D eigenvalue weighted by atomic mass is 10.1. The molecule has 0 saturated carbocycles. The summed E-state index contributed by atoms with van der Waals surface area (Å²) in [5.74, 6) is 0. The van der Waals surface area contributed by atoms with E-state index in [2.05, 4.69) is 13.0 Å². The van der Waals surface area contributed by atoms with Gasteiger partial charge in [0.15, 0.2) is 0 Å². The van der Waals surface area contributed by atoms with E-state index in [1.54, 1.807) is 0 Å². The molecule has 0 aromatic rings. The molecule has 1 rings (SSSR count). The van der Waals surface area contributed by atoms with Crippen molar-refractivity contribution >= 4 is 0 Å². The monoisotopic (exact) mass is 152 g/mol. The largest absolute Gasteiger partial charge is 0.389 e. The number of allylic oxidation sites excluding steroid dienone is 3. The van der Waals surface area contributed by atoms with E-state index in [0.717, 1.165) is 19.3 Å². The van der Waals surface area contributed by atoms with Crippen molar-refractivity contribution < 1.29 is 5.11 Å². The molecule has 1 aliphatic carbocycles. The second kappa shape index (κ2) is 3.72. The van der Waals surface area contributed by atoms with Gasteiger partial charge in [-0.3, -0.25) is 0 Å². The first-order chi connectivity index (χ1) is 5.25. The maximum atomic E-state index is 9.49. The summed E-state index contributed by atoms with van der Waals surface area (Å²) < 4.78 is 0. The molecule has 1 nitrogen and oxygen atoms in total. The van der Waals surface area contributed by atoms with Gasteiger partial charge in [0.25, 0.3) is 0 Å². The summed E-state index contributed by atoms with van der Waals surface area (Å²) in [7, 11) is 0. The highest BCUT2D eigenvalue weighted by Crippen LogP contribution is 2.28. The highest BCUT2D eigenvalue weighted by molar-refractivity contribution is 5.24. The molecule has 1 atom stereocenters. The first-order valence-corrected chi connectivity index (χ1v) is 4.23. The van der Waals surface area contributed by atoms with Crippen molar-refractivity contribution in [1.82, 2.24) is 0 Å². The first kappa shape index (κ1) is 8.54. The van der Waals surface area contributed by atoms with Crippen LogP contribution in [0.4, 0.5) is 0 Å². The summed E-state index contributed by atoms with van der Waals surface area (Å²) in [4.78, 5) is 0. The van der Waals surface area contributed by atoms with Crippen LogP contribution < -0.4 is 0 Å². The highest BCUT2D eigenvalue weighted by atomic mass is 16.3. The average Bonchev–Trinajstić information content (AvgIpc) is 2.29. The molecule has 0 aliphatic heterocycles. The predicted molar refractivity (Wildman–Crippen MR) is 47.4 cm³/mol. The van der Waals surface area contributed by atoms with E-state index in [9.17, 15) is 5.11 Å². The van der Waals surface area contributed by atoms with Crippen molar-refractivity contribution in [3.8, 4) is 0 Å². The summed E-state index contributed by atoms with van der Waals surface area (Å²) in [6.07, 6.45) is 6.92. The van der Waals surface area contributed by atoms with Gasteiger partial charge in [0.05, 0.1) is 6.10 Å². The first-order valence-electron chi connectivity index (χ1n) is 4.23. The van der Waals surface area contributed by atoms with Crippen LogP contribution in [-0.4, -0.2) is 11.2 Å². The van der Waals surface area contributed by atoms with E-state index >= 15 is 0 Å². The van der Waals surface area contributed by atoms with E-state index in [4.69, 9.17) is 0 Å². The fourth-order valence-electron chi connectivity index (χ4n) is 1.53. The number of rotatable bonds is 2. The molecule has 0 radical (unpaired) electrons. The minimum atomic E-state index is -0.161. The van der Waals surface area contributed by atoms with E-state index in [1.807, 2.05) is 13.0 Å². The summed E-state index contributed by atoms with van der Waals surface area (Å²) in [5.41, 5.74) is 2.62. The molecular weight excluding hydrogens is 136 g/mol. The Hall–Kier alpha value is -0.560. The smallest absolute Gasteiger partial charge is 0.0758 e. The van der Waals surface area contributed by atoms with Gasteiger partial charge < -0.3 is 5.11 Å². The Balaban J connectivity index is 2.59. The summed E-state index contributed by atoms with van der Waals surface area (Å²) in [6.45, 7) is 4.13. The van der Waals surface area contributed by atoms with Crippen LogP contribution in [0.5, 0.6) is 0 Å². The van der Waals surface area contributed by atoms with Crippen molar-refractivity contribution in [1.29, 1.82) is 0 Å². The van der Waals surface area contributed by atoms with Gasteiger partial charge in [-0.05, 0) is 38.7 Å². The molecule has 0 spiro atoms. The van der Waals surface area contributed by atoms with Crippen LogP contribution in [0.15, 0.2) is 23.3 Å². The zero-order valence-electron chi connectivity index (χ0n) is 7.30. The third-order valence-electron chi connectivity index (χ3n) is 2.32. The molecule has 0 aromatic heterocycles. The Morgan fingerprint density at radius 1 is 1.64 bits per heavy atom. The van der Waals surface area contributed by atoms with Crippen LogP contribution in [0, 0.1) is 0 Å². The van der Waals surface area contributed by atoms with Crippen molar-refractivity contribution in [2.45, 2.75) is 39.2 Å². The van der Waals surface area contributed by atoms with Gasteiger partial charge in [0, 0.05) is 0 Å². The summed E-state index contributed by atoms with van der Waals surface area (Å²) in [6, 6.07) is 0. The van der Waals surface area contributed by atoms with Crippen LogP contribution in [0.3, 0.4) is 0 Å². The van der Waals surface area contributed by atoms with Crippen LogP contribution in [0.1, 0.15) is 33.1 Å². The maximum absolute atomic E-state index is 9.49. The second-order valence-corrected chi connectivity index (χ2v) is 3.13. The Morgan fingerprint density at radius 2 is 2.36 bits per heavy atom. The molecular formula is C10H16O. The van der Waals surface area contributed by atoms with Crippen LogP contribution in [0.25, 0.3) is 0 Å². The van der Waals surface area contributed by atoms with E-state index in [0.29, 0.717) is 0 Å². The molecule has 1 aliphatic rings. The van der Waals surface area contributed by atoms with Gasteiger partial charge in [-0.1, -0.05) is 17.7 Å². The standard InChI is InChI=1S/C10H16O/c1-3-4-5-9-8(2)6-7-10(9)11/h3-4,10-11H,5-7H2,1-2H3/b4-3+. The summed E-state index contributed by atoms with van der Waals surface area (Å²) in [5, 5.41) is 9.49. The third-order valence-corrected chi connectivity index (χ3v) is 2.32. The fourth-order valence-corrected chi connectivity index (χ4v) is 1.53. The normalized spacial score (nSPS) is 25.5. The molecule has 1 heteroatoms. The van der Waals surface area contributed by atoms with E-state index in [-0.39, 0.29) is 6.10 Å². The van der Waals surface area contributed by atoms with Crippen molar-refractivity contribution in [3.63, 3.8) is 0 Å². The topological polar surface area (TPSA) is 20.2 Å². The molecule has 0 amide bonds. The quantitative estimate of drug-likeness (QED) is 0.602. The Labute approximate surface area is 68.4 Å². The number of aliphatic hydroxyl groups excluding tert-OH is 1. The number of hydrogen-bond acceptors (Lipinski definition) is 1. The molecule has 0 heterocycles. The van der Waals surface area contributed by atoms with E-state index in [1.165, 1.54) is 11.1 Å². The van der Waals surface area contributed by atoms with Crippen LogP contribution in [0.2, 0.25) is 0 Å². The SMILES string of the molecule is C/C=C/CC1=C(C)CCC1O. The highest BCUT2D eigenvalue weighted by Gasteiger charge is 2.18. The number of hydrogen-bond donors (Lipinski definition) is 1. The lowest BCUT2D eigenvalue weighted by molar-refractivity contribution is 0.210. The van der Waals surface area contributed by atoms with Gasteiger partial charge in [0.1, 0.15) is 0 Å². The summed E-state index contributed by atoms with van der Waals surface area (Å²) >= 11 is 0. The third kappa shape index (κ3) is 1.93. The Bertz CT molecular complexity index is 189. The zero-order valence-corrected chi connectivity index (χ0v) is 7.30. The molecule has 1 N–H and O–H groups in total. The zero-order chi connectivity index (χ0) is 8.27. The van der Waals surface area contributed by atoms with Gasteiger partial charge in [-0.25, -0.2) is 0 Å². The minimum Gasteiger partial charge on any atom is -0.389 e. The molecule has 0 fully saturated rings. The van der Waals surface area contributed by atoms with E-state index < -0.39 is 0 Å². The van der Waals surface area contributed by atoms with Gasteiger partial charge in [-0.15, -0.1) is 0 Å². The lowest BCUT2D eigenvalue weighted by Crippen LogP contribution is -2.03. The Morgan fingerprint density at radius 3 is 2.82 bits per heavy atom. The molecule has 0 aromatic carbocycles. The van der Waals surface area contributed by atoms with Gasteiger partial charge >= 0.3 is 0 Å². The van der Waals surface area contributed by atoms with Crippen molar-refractivity contribution in [2.75, 3.05) is 0 Å². The second-order valence-electron chi connectivity index (χ2n) is 3.13. The minimum absolute atomic E-state index is 0.161. The molecule has 11 heavy (non-hydrogen) atoms. The van der Waals surface area contributed by atoms with Crippen LogP contribution >= 0.6 is 0 Å². The van der Waals surface area contributed by atoms with Gasteiger partial charge in [0.2, 0.25) is 0 Å². The van der Waals surface area contributed by atoms with Crippen LogP contribution in [-0.2, 0) is 0 Å². The Kier molecular flexibility index (Phi) is 2.89. The lowest BCUT2D eigenvalue weighted by Gasteiger charge is -2.05. The average molecular weight is 152 g/mol. The molecule has 1 unspecified atom stereocenters. The number of aliphatic hydroxyl groups is 1. The molecule has 0 bridgehead atoms. The van der Waals surface area contributed by atoms with Crippen molar-refractivity contribution in [3.05, 3.63) is 23.3 Å². The van der Waals surface area contributed by atoms with Crippen molar-refractivity contribution in [2.24, 2.45) is 0 Å². The predicted octanol–water partition coefficient (Wildman–Crippen LogP) is 2.42. The van der Waals surface area contributed by atoms with Gasteiger partial charge in [-0.2, -0.15) is 0 Å².